The maximum absolute atomic E-state index is 12.9. The normalized spacial score (nSPS) is 23.4. The van der Waals surface area contributed by atoms with Gasteiger partial charge in [0.15, 0.2) is 11.4 Å². The first-order chi connectivity index (χ1) is 7.05. The number of hydrogen-bond acceptors (Lipinski definition) is 2. The first kappa shape index (κ1) is 10.6. The highest BCUT2D eigenvalue weighted by molar-refractivity contribution is 9.09. The highest BCUT2D eigenvalue weighted by Gasteiger charge is 2.40. The zero-order valence-corrected chi connectivity index (χ0v) is 9.80. The summed E-state index contributed by atoms with van der Waals surface area (Å²) in [4.78, 5) is 11.6. The van der Waals surface area contributed by atoms with Crippen molar-refractivity contribution in [1.82, 2.24) is 0 Å². The molecule has 0 N–H and O–H groups in total. The van der Waals surface area contributed by atoms with Crippen LogP contribution in [-0.2, 0) is 11.2 Å². The van der Waals surface area contributed by atoms with Crippen molar-refractivity contribution in [2.45, 2.75) is 18.9 Å². The fourth-order valence-electron chi connectivity index (χ4n) is 1.72. The Morgan fingerprint density at radius 2 is 2.40 bits per heavy atom. The minimum absolute atomic E-state index is 0.0286. The van der Waals surface area contributed by atoms with Gasteiger partial charge < -0.3 is 4.74 Å². The van der Waals surface area contributed by atoms with Gasteiger partial charge in [-0.05, 0) is 25.1 Å². The van der Waals surface area contributed by atoms with Gasteiger partial charge in [-0.2, -0.15) is 0 Å². The third-order valence-electron chi connectivity index (χ3n) is 2.60. The quantitative estimate of drug-likeness (QED) is 0.774. The number of alkyl halides is 1. The minimum Gasteiger partial charge on any atom is -0.479 e. The zero-order chi connectivity index (χ0) is 11.1. The van der Waals surface area contributed by atoms with Gasteiger partial charge in [-0.1, -0.05) is 15.9 Å². The number of halogens is 2. The topological polar surface area (TPSA) is 26.3 Å². The molecule has 0 aromatic heterocycles. The second-order valence-electron chi connectivity index (χ2n) is 3.82. The molecule has 4 heteroatoms. The van der Waals surface area contributed by atoms with Crippen molar-refractivity contribution in [1.29, 1.82) is 0 Å². The molecule has 2 nitrogen and oxygen atoms in total. The van der Waals surface area contributed by atoms with Gasteiger partial charge in [0.1, 0.15) is 11.6 Å². The van der Waals surface area contributed by atoms with Gasteiger partial charge in [0.25, 0.3) is 0 Å². The molecule has 0 bridgehead atoms. The monoisotopic (exact) mass is 272 g/mol. The molecule has 1 unspecified atom stereocenters. The molecule has 80 valence electrons. The Hall–Kier alpha value is -0.900. The Balaban J connectivity index is 2.32. The lowest BCUT2D eigenvalue weighted by Crippen LogP contribution is -2.40. The van der Waals surface area contributed by atoms with Crippen molar-refractivity contribution < 1.29 is 13.9 Å². The molecular weight excluding hydrogens is 263 g/mol. The smallest absolute Gasteiger partial charge is 0.186 e. The second-order valence-corrected chi connectivity index (χ2v) is 4.38. The number of hydrogen-bond donors (Lipinski definition) is 0. The van der Waals surface area contributed by atoms with Crippen LogP contribution >= 0.6 is 15.9 Å². The van der Waals surface area contributed by atoms with Crippen LogP contribution in [0.3, 0.4) is 0 Å². The van der Waals surface area contributed by atoms with Crippen LogP contribution in [0.2, 0.25) is 0 Å². The van der Waals surface area contributed by atoms with E-state index < -0.39 is 5.60 Å². The van der Waals surface area contributed by atoms with Crippen molar-refractivity contribution in [2.75, 3.05) is 5.33 Å². The summed E-state index contributed by atoms with van der Waals surface area (Å²) in [6.07, 6.45) is 0.435. The van der Waals surface area contributed by atoms with Crippen molar-refractivity contribution in [3.8, 4) is 5.75 Å². The van der Waals surface area contributed by atoms with Crippen LogP contribution in [0.4, 0.5) is 4.39 Å². The first-order valence-electron chi connectivity index (χ1n) is 4.62. The Morgan fingerprint density at radius 3 is 3.07 bits per heavy atom. The van der Waals surface area contributed by atoms with Crippen LogP contribution in [0.15, 0.2) is 18.2 Å². The maximum atomic E-state index is 12.9. The van der Waals surface area contributed by atoms with Crippen molar-refractivity contribution in [2.24, 2.45) is 0 Å². The Kier molecular flexibility index (Phi) is 2.54. The average molecular weight is 273 g/mol. The number of benzene rings is 1. The number of ether oxygens (including phenoxy) is 1. The van der Waals surface area contributed by atoms with Gasteiger partial charge in [-0.25, -0.2) is 4.39 Å². The van der Waals surface area contributed by atoms with Gasteiger partial charge in [-0.3, -0.25) is 4.79 Å². The third kappa shape index (κ3) is 1.78. The average Bonchev–Trinajstić information content (AvgIpc) is 2.53. The molecule has 15 heavy (non-hydrogen) atoms. The Bertz CT molecular complexity index is 419. The number of carbonyl (C=O) groups is 1. The summed E-state index contributed by atoms with van der Waals surface area (Å²) in [5, 5.41) is 0.250. The molecule has 0 amide bonds. The molecule has 1 aromatic rings. The van der Waals surface area contributed by atoms with Crippen LogP contribution in [0.5, 0.6) is 5.75 Å². The van der Waals surface area contributed by atoms with Crippen LogP contribution in [0, 0.1) is 5.82 Å². The summed E-state index contributed by atoms with van der Waals surface area (Å²) in [6, 6.07) is 4.32. The predicted octanol–water partition coefficient (Wildman–Crippen LogP) is 2.48. The largest absolute Gasteiger partial charge is 0.479 e. The summed E-state index contributed by atoms with van der Waals surface area (Å²) in [6.45, 7) is 1.73. The molecule has 0 spiro atoms. The zero-order valence-electron chi connectivity index (χ0n) is 8.22. The number of ketones is 1. The maximum Gasteiger partial charge on any atom is 0.186 e. The summed E-state index contributed by atoms with van der Waals surface area (Å²) >= 11 is 3.12. The highest BCUT2D eigenvalue weighted by atomic mass is 79.9. The van der Waals surface area contributed by atoms with Crippen LogP contribution in [0.1, 0.15) is 12.5 Å². The fraction of sp³-hybridized carbons (Fsp3) is 0.364. The summed E-state index contributed by atoms with van der Waals surface area (Å²) in [7, 11) is 0. The van der Waals surface area contributed by atoms with Crippen LogP contribution in [-0.4, -0.2) is 16.7 Å². The van der Waals surface area contributed by atoms with Gasteiger partial charge in [0.05, 0.1) is 5.33 Å². The van der Waals surface area contributed by atoms with Crippen molar-refractivity contribution in [3.05, 3.63) is 29.6 Å². The van der Waals surface area contributed by atoms with E-state index in [1.54, 1.807) is 13.0 Å². The number of carbonyl (C=O) groups excluding carboxylic acids is 1. The molecule has 1 aliphatic rings. The molecule has 1 atom stereocenters. The summed E-state index contributed by atoms with van der Waals surface area (Å²) < 4.78 is 18.5. The van der Waals surface area contributed by atoms with Gasteiger partial charge in [-0.15, -0.1) is 0 Å². The number of fused-ring (bicyclic) bond motifs is 1. The van der Waals surface area contributed by atoms with Crippen molar-refractivity contribution in [3.63, 3.8) is 0 Å². The van der Waals surface area contributed by atoms with E-state index in [0.29, 0.717) is 12.2 Å². The standard InChI is InChI=1S/C11H10BrFO2/c1-11(10(14)6-12)5-7-4-8(13)2-3-9(7)15-11/h2-4H,5-6H2,1H3. The van der Waals surface area contributed by atoms with E-state index in [2.05, 4.69) is 15.9 Å². The van der Waals surface area contributed by atoms with Gasteiger partial charge in [0.2, 0.25) is 0 Å². The molecule has 1 aliphatic heterocycles. The molecular formula is C11H10BrFO2. The predicted molar refractivity (Wildman–Crippen MR) is 57.9 cm³/mol. The van der Waals surface area contributed by atoms with E-state index >= 15 is 0 Å². The second kappa shape index (κ2) is 3.59. The van der Waals surface area contributed by atoms with E-state index in [1.165, 1.54) is 12.1 Å². The van der Waals surface area contributed by atoms with Gasteiger partial charge in [0, 0.05) is 12.0 Å². The lowest BCUT2D eigenvalue weighted by Gasteiger charge is -2.20. The molecule has 1 heterocycles. The van der Waals surface area contributed by atoms with E-state index in [9.17, 15) is 9.18 Å². The van der Waals surface area contributed by atoms with E-state index in [4.69, 9.17) is 4.74 Å². The van der Waals surface area contributed by atoms with E-state index in [0.717, 1.165) is 5.56 Å². The Morgan fingerprint density at radius 1 is 1.67 bits per heavy atom. The number of Topliss-reactive ketones (excluding diaryl/α,β-unsaturated/α-hetero) is 1. The summed E-state index contributed by atoms with van der Waals surface area (Å²) in [5.41, 5.74) is -0.0913. The van der Waals surface area contributed by atoms with Crippen molar-refractivity contribution >= 4 is 21.7 Å². The third-order valence-corrected chi connectivity index (χ3v) is 3.11. The SMILES string of the molecule is CC1(C(=O)CBr)Cc2cc(F)ccc2O1. The molecule has 1 aromatic carbocycles. The number of rotatable bonds is 2. The lowest BCUT2D eigenvalue weighted by atomic mass is 9.95. The minimum atomic E-state index is -0.848. The molecule has 0 aliphatic carbocycles. The molecule has 0 saturated carbocycles. The molecule has 0 radical (unpaired) electrons. The highest BCUT2D eigenvalue weighted by Crippen LogP contribution is 2.36. The van der Waals surface area contributed by atoms with E-state index in [1.807, 2.05) is 0 Å². The fourth-order valence-corrected chi connectivity index (χ4v) is 2.32. The molecule has 0 saturated heterocycles. The van der Waals surface area contributed by atoms with E-state index in [-0.39, 0.29) is 16.9 Å². The lowest BCUT2D eigenvalue weighted by molar-refractivity contribution is -0.128. The molecule has 0 fully saturated rings. The Labute approximate surface area is 95.6 Å². The summed E-state index contributed by atoms with van der Waals surface area (Å²) in [5.74, 6) is 0.278. The van der Waals surface area contributed by atoms with Gasteiger partial charge >= 0.3 is 0 Å². The molecule has 2 rings (SSSR count). The first-order valence-corrected chi connectivity index (χ1v) is 5.74. The van der Waals surface area contributed by atoms with Crippen LogP contribution in [0.25, 0.3) is 0 Å². The van der Waals surface area contributed by atoms with Crippen LogP contribution < -0.4 is 4.74 Å².